The van der Waals surface area contributed by atoms with Gasteiger partial charge < -0.3 is 5.73 Å². The van der Waals surface area contributed by atoms with E-state index < -0.39 is 0 Å². The molecule has 1 aromatic rings. The van der Waals surface area contributed by atoms with Gasteiger partial charge in [0.05, 0.1) is 0 Å². The quantitative estimate of drug-likeness (QED) is 0.907. The molecule has 2 rings (SSSR count). The summed E-state index contributed by atoms with van der Waals surface area (Å²) in [6.07, 6.45) is 4.91. The van der Waals surface area contributed by atoms with Crippen LogP contribution in [0.5, 0.6) is 0 Å². The molecule has 0 spiro atoms. The van der Waals surface area contributed by atoms with Crippen molar-refractivity contribution in [2.75, 3.05) is 13.6 Å². The Morgan fingerprint density at radius 1 is 1.33 bits per heavy atom. The molecule has 118 valence electrons. The van der Waals surface area contributed by atoms with Crippen LogP contribution in [0.1, 0.15) is 56.7 Å². The summed E-state index contributed by atoms with van der Waals surface area (Å²) < 4.78 is 13.6. The smallest absolute Gasteiger partial charge is 0.123 e. The molecule has 0 aromatic heterocycles. The third-order valence-corrected chi connectivity index (χ3v) is 5.20. The second-order valence-corrected chi connectivity index (χ2v) is 7.31. The zero-order chi connectivity index (χ0) is 15.6. The Morgan fingerprint density at radius 3 is 2.52 bits per heavy atom. The molecule has 0 bridgehead atoms. The Bertz CT molecular complexity index is 474. The minimum absolute atomic E-state index is 0.104. The van der Waals surface area contributed by atoms with E-state index in [4.69, 9.17) is 5.73 Å². The molecule has 1 atom stereocenters. The molecule has 2 N–H and O–H groups in total. The lowest BCUT2D eigenvalue weighted by Crippen LogP contribution is -2.42. The van der Waals surface area contributed by atoms with E-state index in [1.165, 1.54) is 31.7 Å². The number of benzene rings is 1. The number of nitrogens with two attached hydrogens (primary N) is 1. The van der Waals surface area contributed by atoms with Gasteiger partial charge in [0.25, 0.3) is 0 Å². The third kappa shape index (κ3) is 3.83. The highest BCUT2D eigenvalue weighted by Crippen LogP contribution is 2.38. The Labute approximate surface area is 128 Å². The maximum Gasteiger partial charge on any atom is 0.123 e. The highest BCUT2D eigenvalue weighted by molar-refractivity contribution is 5.30. The fourth-order valence-electron chi connectivity index (χ4n) is 3.53. The SMILES string of the molecule is Cc1ccc(F)cc1C(CN)N(C)C1CCC(C)(C)CC1. The first-order valence-electron chi connectivity index (χ1n) is 8.02. The van der Waals surface area contributed by atoms with E-state index in [9.17, 15) is 4.39 Å². The van der Waals surface area contributed by atoms with Crippen molar-refractivity contribution in [2.45, 2.75) is 58.5 Å². The van der Waals surface area contributed by atoms with Crippen LogP contribution in [0.3, 0.4) is 0 Å². The van der Waals surface area contributed by atoms with Crippen LogP contribution in [-0.4, -0.2) is 24.5 Å². The molecule has 1 aliphatic carbocycles. The molecule has 0 saturated heterocycles. The van der Waals surface area contributed by atoms with E-state index in [1.807, 2.05) is 13.0 Å². The average Bonchev–Trinajstić information content (AvgIpc) is 2.43. The molecule has 0 amide bonds. The van der Waals surface area contributed by atoms with Gasteiger partial charge in [0.15, 0.2) is 0 Å². The van der Waals surface area contributed by atoms with Crippen molar-refractivity contribution in [3.8, 4) is 0 Å². The molecule has 3 heteroatoms. The van der Waals surface area contributed by atoms with Crippen molar-refractivity contribution < 1.29 is 4.39 Å². The lowest BCUT2D eigenvalue weighted by Gasteiger charge is -2.42. The van der Waals surface area contributed by atoms with Gasteiger partial charge in [0.1, 0.15) is 5.82 Å². The van der Waals surface area contributed by atoms with Crippen LogP contribution in [0.25, 0.3) is 0 Å². The number of likely N-dealkylation sites (N-methyl/N-ethyl adjacent to an activating group) is 1. The first-order valence-corrected chi connectivity index (χ1v) is 8.02. The number of hydrogen-bond donors (Lipinski definition) is 1. The minimum Gasteiger partial charge on any atom is -0.329 e. The van der Waals surface area contributed by atoms with Gasteiger partial charge in [-0.15, -0.1) is 0 Å². The van der Waals surface area contributed by atoms with Crippen molar-refractivity contribution in [1.29, 1.82) is 0 Å². The Morgan fingerprint density at radius 2 is 1.95 bits per heavy atom. The van der Waals surface area contributed by atoms with Crippen molar-refractivity contribution >= 4 is 0 Å². The molecule has 1 aromatic carbocycles. The van der Waals surface area contributed by atoms with E-state index in [2.05, 4.69) is 25.8 Å². The lowest BCUT2D eigenvalue weighted by atomic mass is 9.75. The standard InChI is InChI=1S/C18H29FN2/c1-13-5-6-14(19)11-16(13)17(12-20)21(4)15-7-9-18(2,3)10-8-15/h5-6,11,15,17H,7-10,12,20H2,1-4H3. The third-order valence-electron chi connectivity index (χ3n) is 5.20. The van der Waals surface area contributed by atoms with Gasteiger partial charge in [-0.05, 0) is 68.3 Å². The van der Waals surface area contributed by atoms with Gasteiger partial charge >= 0.3 is 0 Å². The van der Waals surface area contributed by atoms with Gasteiger partial charge in [-0.1, -0.05) is 19.9 Å². The first kappa shape index (κ1) is 16.4. The Balaban J connectivity index is 2.15. The van der Waals surface area contributed by atoms with Gasteiger partial charge in [0.2, 0.25) is 0 Å². The van der Waals surface area contributed by atoms with Crippen molar-refractivity contribution in [2.24, 2.45) is 11.1 Å². The van der Waals surface area contributed by atoms with Gasteiger partial charge in [-0.25, -0.2) is 4.39 Å². The fourth-order valence-corrected chi connectivity index (χ4v) is 3.53. The van der Waals surface area contributed by atoms with Gasteiger partial charge in [-0.3, -0.25) is 4.90 Å². The predicted octanol–water partition coefficient (Wildman–Crippen LogP) is 4.03. The number of hydrogen-bond acceptors (Lipinski definition) is 2. The van der Waals surface area contributed by atoms with Crippen molar-refractivity contribution in [3.63, 3.8) is 0 Å². The second-order valence-electron chi connectivity index (χ2n) is 7.31. The molecule has 21 heavy (non-hydrogen) atoms. The number of halogens is 1. The van der Waals surface area contributed by atoms with Crippen LogP contribution in [0, 0.1) is 18.2 Å². The second kappa shape index (κ2) is 6.45. The van der Waals surface area contributed by atoms with E-state index in [0.29, 0.717) is 18.0 Å². The van der Waals surface area contributed by atoms with Crippen LogP contribution in [-0.2, 0) is 0 Å². The van der Waals surface area contributed by atoms with Crippen molar-refractivity contribution in [3.05, 3.63) is 35.1 Å². The van der Waals surface area contributed by atoms with Crippen LogP contribution >= 0.6 is 0 Å². The molecule has 0 radical (unpaired) electrons. The minimum atomic E-state index is -0.174. The van der Waals surface area contributed by atoms with Crippen molar-refractivity contribution in [1.82, 2.24) is 4.90 Å². The Hall–Kier alpha value is -0.930. The summed E-state index contributed by atoms with van der Waals surface area (Å²) in [5.41, 5.74) is 8.64. The summed E-state index contributed by atoms with van der Waals surface area (Å²) in [5.74, 6) is -0.174. The van der Waals surface area contributed by atoms with Crippen LogP contribution in [0.15, 0.2) is 18.2 Å². The Kier molecular flexibility index (Phi) is 5.05. The van der Waals surface area contributed by atoms with Crippen LogP contribution < -0.4 is 5.73 Å². The van der Waals surface area contributed by atoms with E-state index >= 15 is 0 Å². The van der Waals surface area contributed by atoms with E-state index in [1.54, 1.807) is 6.07 Å². The molecule has 0 heterocycles. The van der Waals surface area contributed by atoms with Gasteiger partial charge in [0, 0.05) is 18.6 Å². The number of nitrogens with zero attached hydrogens (tertiary/aromatic N) is 1. The molecule has 1 saturated carbocycles. The first-order chi connectivity index (χ1) is 9.84. The summed E-state index contributed by atoms with van der Waals surface area (Å²) in [5, 5.41) is 0. The summed E-state index contributed by atoms with van der Waals surface area (Å²) in [6.45, 7) is 7.26. The molecule has 2 nitrogen and oxygen atoms in total. The van der Waals surface area contributed by atoms with E-state index in [0.717, 1.165) is 11.1 Å². The monoisotopic (exact) mass is 292 g/mol. The van der Waals surface area contributed by atoms with Gasteiger partial charge in [-0.2, -0.15) is 0 Å². The summed E-state index contributed by atoms with van der Waals surface area (Å²) in [6, 6.07) is 5.68. The summed E-state index contributed by atoms with van der Waals surface area (Å²) >= 11 is 0. The molecule has 1 unspecified atom stereocenters. The average molecular weight is 292 g/mol. The fraction of sp³-hybridized carbons (Fsp3) is 0.667. The molecule has 1 aliphatic rings. The topological polar surface area (TPSA) is 29.3 Å². The predicted molar refractivity (Wildman–Crippen MR) is 86.7 cm³/mol. The summed E-state index contributed by atoms with van der Waals surface area (Å²) in [4.78, 5) is 2.37. The normalized spacial score (nSPS) is 20.7. The molecule has 0 aliphatic heterocycles. The zero-order valence-electron chi connectivity index (χ0n) is 13.8. The van der Waals surface area contributed by atoms with Crippen LogP contribution in [0.4, 0.5) is 4.39 Å². The highest BCUT2D eigenvalue weighted by Gasteiger charge is 2.31. The number of rotatable bonds is 4. The maximum absolute atomic E-state index is 13.6. The maximum atomic E-state index is 13.6. The molecular formula is C18H29FN2. The lowest BCUT2D eigenvalue weighted by molar-refractivity contribution is 0.0963. The molecular weight excluding hydrogens is 263 g/mol. The number of aryl methyl sites for hydroxylation is 1. The zero-order valence-corrected chi connectivity index (χ0v) is 13.8. The van der Waals surface area contributed by atoms with E-state index in [-0.39, 0.29) is 11.9 Å². The summed E-state index contributed by atoms with van der Waals surface area (Å²) in [7, 11) is 2.14. The largest absolute Gasteiger partial charge is 0.329 e. The van der Waals surface area contributed by atoms with Crippen LogP contribution in [0.2, 0.25) is 0 Å². The molecule has 1 fully saturated rings. The highest BCUT2D eigenvalue weighted by atomic mass is 19.1.